The third-order valence-corrected chi connectivity index (χ3v) is 2.04. The molecule has 0 amide bonds. The van der Waals surface area contributed by atoms with Gasteiger partial charge in [-0.2, -0.15) is 0 Å². The zero-order chi connectivity index (χ0) is 11.1. The van der Waals surface area contributed by atoms with Gasteiger partial charge in [0.25, 0.3) is 0 Å². The lowest BCUT2D eigenvalue weighted by atomic mass is 10.3. The first-order chi connectivity index (χ1) is 7.24. The summed E-state index contributed by atoms with van der Waals surface area (Å²) in [6.45, 7) is 4.06. The molecule has 15 heavy (non-hydrogen) atoms. The zero-order valence-corrected chi connectivity index (χ0v) is 9.14. The van der Waals surface area contributed by atoms with E-state index in [2.05, 4.69) is 10.3 Å². The van der Waals surface area contributed by atoms with E-state index in [1.165, 1.54) is 6.20 Å². The van der Waals surface area contributed by atoms with Crippen LogP contribution in [0.4, 0.5) is 0 Å². The van der Waals surface area contributed by atoms with E-state index in [0.717, 1.165) is 6.54 Å². The molecule has 0 fully saturated rings. The summed E-state index contributed by atoms with van der Waals surface area (Å²) in [5.74, 6) is 0. The molecule has 0 radical (unpaired) electrons. The molecule has 0 saturated carbocycles. The van der Waals surface area contributed by atoms with E-state index in [1.54, 1.807) is 23.9 Å². The van der Waals surface area contributed by atoms with Gasteiger partial charge in [0.15, 0.2) is 0 Å². The number of rotatable bonds is 6. The number of methoxy groups -OCH3 is 1. The molecule has 5 nitrogen and oxygen atoms in total. The molecule has 1 aromatic rings. The van der Waals surface area contributed by atoms with E-state index < -0.39 is 0 Å². The highest BCUT2D eigenvalue weighted by molar-refractivity contribution is 4.81. The monoisotopic (exact) mass is 211 g/mol. The minimum absolute atomic E-state index is 0.210. The fraction of sp³-hybridized carbons (Fsp3) is 0.600. The van der Waals surface area contributed by atoms with Crippen molar-refractivity contribution in [3.05, 3.63) is 28.9 Å². The highest BCUT2D eigenvalue weighted by atomic mass is 16.5. The number of nitrogens with one attached hydrogen (secondary N) is 1. The van der Waals surface area contributed by atoms with Crippen LogP contribution in [0.1, 0.15) is 6.92 Å². The second kappa shape index (κ2) is 6.31. The molecule has 0 bridgehead atoms. The predicted octanol–water partition coefficient (Wildman–Crippen LogP) is -0.132. The van der Waals surface area contributed by atoms with Gasteiger partial charge in [0.1, 0.15) is 0 Å². The van der Waals surface area contributed by atoms with E-state index in [1.807, 2.05) is 6.92 Å². The van der Waals surface area contributed by atoms with Crippen LogP contribution in [0.15, 0.2) is 23.3 Å². The van der Waals surface area contributed by atoms with Crippen molar-refractivity contribution in [1.29, 1.82) is 0 Å². The Labute approximate surface area is 89.1 Å². The maximum Gasteiger partial charge on any atom is 0.347 e. The third-order valence-electron chi connectivity index (χ3n) is 2.04. The number of hydrogen-bond donors (Lipinski definition) is 1. The lowest BCUT2D eigenvalue weighted by Crippen LogP contribution is -2.34. The van der Waals surface area contributed by atoms with Gasteiger partial charge in [0, 0.05) is 38.6 Å². The first-order valence-corrected chi connectivity index (χ1v) is 4.98. The fourth-order valence-corrected chi connectivity index (χ4v) is 1.30. The summed E-state index contributed by atoms with van der Waals surface area (Å²) in [7, 11) is 1.67. The topological polar surface area (TPSA) is 56.1 Å². The van der Waals surface area contributed by atoms with Crippen LogP contribution < -0.4 is 11.0 Å². The molecular formula is C10H17N3O2. The molecule has 5 heteroatoms. The van der Waals surface area contributed by atoms with E-state index in [0.29, 0.717) is 19.2 Å². The molecule has 0 saturated heterocycles. The van der Waals surface area contributed by atoms with Crippen LogP contribution >= 0.6 is 0 Å². The Morgan fingerprint density at radius 3 is 3.13 bits per heavy atom. The molecule has 84 valence electrons. The van der Waals surface area contributed by atoms with Crippen LogP contribution in [-0.2, 0) is 11.3 Å². The quantitative estimate of drug-likeness (QED) is 0.712. The van der Waals surface area contributed by atoms with E-state index in [9.17, 15) is 4.79 Å². The van der Waals surface area contributed by atoms with Gasteiger partial charge in [0.2, 0.25) is 0 Å². The van der Waals surface area contributed by atoms with Crippen molar-refractivity contribution >= 4 is 0 Å². The Hall–Kier alpha value is -1.20. The van der Waals surface area contributed by atoms with Crippen LogP contribution in [0.2, 0.25) is 0 Å². The van der Waals surface area contributed by atoms with Crippen molar-refractivity contribution in [3.8, 4) is 0 Å². The van der Waals surface area contributed by atoms with E-state index in [-0.39, 0.29) is 5.69 Å². The molecule has 0 aromatic carbocycles. The molecule has 0 aliphatic carbocycles. The van der Waals surface area contributed by atoms with Gasteiger partial charge < -0.3 is 10.1 Å². The fourth-order valence-electron chi connectivity index (χ4n) is 1.30. The van der Waals surface area contributed by atoms with Gasteiger partial charge >= 0.3 is 5.69 Å². The summed E-state index contributed by atoms with van der Waals surface area (Å²) in [6, 6.07) is 2.04. The standard InChI is InChI=1S/C10H17N3O2/c1-9(8-15-2)11-5-7-13-6-3-4-12-10(13)14/h3-4,6,9,11H,5,7-8H2,1-2H3. The minimum atomic E-state index is -0.210. The van der Waals surface area contributed by atoms with Crippen LogP contribution in [0, 0.1) is 0 Å². The SMILES string of the molecule is COCC(C)NCCn1cccnc1=O. The Morgan fingerprint density at radius 1 is 1.67 bits per heavy atom. The lowest BCUT2D eigenvalue weighted by Gasteiger charge is -2.12. The highest BCUT2D eigenvalue weighted by Crippen LogP contribution is 1.83. The Balaban J connectivity index is 2.32. The second-order valence-corrected chi connectivity index (χ2v) is 3.41. The third kappa shape index (κ3) is 4.22. The van der Waals surface area contributed by atoms with Crippen molar-refractivity contribution in [1.82, 2.24) is 14.9 Å². The molecule has 1 N–H and O–H groups in total. The van der Waals surface area contributed by atoms with Crippen LogP contribution in [0.5, 0.6) is 0 Å². The van der Waals surface area contributed by atoms with Crippen LogP contribution in [-0.4, -0.2) is 35.9 Å². The van der Waals surface area contributed by atoms with Gasteiger partial charge in [-0.25, -0.2) is 9.78 Å². The number of nitrogens with zero attached hydrogens (tertiary/aromatic N) is 2. The summed E-state index contributed by atoms with van der Waals surface area (Å²) >= 11 is 0. The van der Waals surface area contributed by atoms with Crippen molar-refractivity contribution in [2.45, 2.75) is 19.5 Å². The number of hydrogen-bond acceptors (Lipinski definition) is 4. The van der Waals surface area contributed by atoms with Crippen molar-refractivity contribution in [2.75, 3.05) is 20.3 Å². The van der Waals surface area contributed by atoms with Crippen LogP contribution in [0.3, 0.4) is 0 Å². The molecule has 1 heterocycles. The maximum absolute atomic E-state index is 11.2. The molecule has 0 aliphatic heterocycles. The van der Waals surface area contributed by atoms with Crippen LogP contribution in [0.25, 0.3) is 0 Å². The van der Waals surface area contributed by atoms with Gasteiger partial charge in [-0.1, -0.05) is 0 Å². The van der Waals surface area contributed by atoms with E-state index >= 15 is 0 Å². The van der Waals surface area contributed by atoms with Gasteiger partial charge in [-0.15, -0.1) is 0 Å². The normalized spacial score (nSPS) is 12.7. The first kappa shape index (κ1) is 11.9. The number of ether oxygens (including phenoxy) is 1. The van der Waals surface area contributed by atoms with Crippen molar-refractivity contribution in [2.24, 2.45) is 0 Å². The first-order valence-electron chi connectivity index (χ1n) is 4.98. The zero-order valence-electron chi connectivity index (χ0n) is 9.14. The largest absolute Gasteiger partial charge is 0.383 e. The molecule has 0 spiro atoms. The minimum Gasteiger partial charge on any atom is -0.383 e. The van der Waals surface area contributed by atoms with Crippen molar-refractivity contribution in [3.63, 3.8) is 0 Å². The lowest BCUT2D eigenvalue weighted by molar-refractivity contribution is 0.172. The summed E-state index contributed by atoms with van der Waals surface area (Å²) in [5.41, 5.74) is -0.210. The summed E-state index contributed by atoms with van der Waals surface area (Å²) in [4.78, 5) is 14.9. The number of aromatic nitrogens is 2. The summed E-state index contributed by atoms with van der Waals surface area (Å²) in [5, 5.41) is 3.25. The van der Waals surface area contributed by atoms with Crippen molar-refractivity contribution < 1.29 is 4.74 Å². The molecule has 1 rings (SSSR count). The van der Waals surface area contributed by atoms with E-state index in [4.69, 9.17) is 4.74 Å². The maximum atomic E-state index is 11.2. The molecular weight excluding hydrogens is 194 g/mol. The van der Waals surface area contributed by atoms with Gasteiger partial charge in [0.05, 0.1) is 6.61 Å². The highest BCUT2D eigenvalue weighted by Gasteiger charge is 2.00. The second-order valence-electron chi connectivity index (χ2n) is 3.41. The Bertz CT molecular complexity index is 337. The molecule has 1 aromatic heterocycles. The average molecular weight is 211 g/mol. The Kier molecular flexibility index (Phi) is 5.00. The smallest absolute Gasteiger partial charge is 0.347 e. The van der Waals surface area contributed by atoms with Gasteiger partial charge in [-0.3, -0.25) is 4.57 Å². The predicted molar refractivity (Wildman–Crippen MR) is 57.8 cm³/mol. The summed E-state index contributed by atoms with van der Waals surface area (Å²) < 4.78 is 6.56. The molecule has 1 unspecified atom stereocenters. The summed E-state index contributed by atoms with van der Waals surface area (Å²) in [6.07, 6.45) is 3.23. The molecule has 0 aliphatic rings. The average Bonchev–Trinajstić information content (AvgIpc) is 2.21. The van der Waals surface area contributed by atoms with Gasteiger partial charge in [-0.05, 0) is 13.0 Å². The molecule has 1 atom stereocenters. The Morgan fingerprint density at radius 2 is 2.47 bits per heavy atom.